The van der Waals surface area contributed by atoms with Gasteiger partial charge in [-0.3, -0.25) is 10.1 Å². The van der Waals surface area contributed by atoms with Gasteiger partial charge in [-0.1, -0.05) is 23.7 Å². The summed E-state index contributed by atoms with van der Waals surface area (Å²) in [5.74, 6) is -0.254. The summed E-state index contributed by atoms with van der Waals surface area (Å²) in [5, 5.41) is 14.1. The number of nitro groups is 1. The van der Waals surface area contributed by atoms with Crippen LogP contribution < -0.4 is 10.1 Å². The highest BCUT2D eigenvalue weighted by Crippen LogP contribution is 2.28. The van der Waals surface area contributed by atoms with Crippen LogP contribution in [0.1, 0.15) is 5.56 Å². The zero-order valence-electron chi connectivity index (χ0n) is 11.1. The van der Waals surface area contributed by atoms with Crippen molar-refractivity contribution in [2.45, 2.75) is 6.54 Å². The van der Waals surface area contributed by atoms with Crippen molar-refractivity contribution in [3.8, 4) is 5.75 Å². The van der Waals surface area contributed by atoms with Gasteiger partial charge < -0.3 is 10.1 Å². The van der Waals surface area contributed by atoms with Crippen molar-refractivity contribution in [1.82, 2.24) is 0 Å². The van der Waals surface area contributed by atoms with Gasteiger partial charge in [-0.2, -0.15) is 4.39 Å². The first kappa shape index (κ1) is 15.1. The Labute approximate surface area is 125 Å². The van der Waals surface area contributed by atoms with Crippen LogP contribution in [-0.2, 0) is 6.54 Å². The number of nitrogens with one attached hydrogen (secondary N) is 1. The zero-order valence-corrected chi connectivity index (χ0v) is 11.9. The minimum absolute atomic E-state index is 0.0698. The number of nitro benzene ring substituents is 1. The van der Waals surface area contributed by atoms with Crippen LogP contribution in [0.25, 0.3) is 0 Å². The number of methoxy groups -OCH3 is 1. The maximum atomic E-state index is 13.9. The SMILES string of the molecule is COc1ccc(Cl)c(NCc2cccc([N+](=O)[O-])c2F)c1. The van der Waals surface area contributed by atoms with Crippen LogP contribution in [0.5, 0.6) is 5.75 Å². The molecule has 0 saturated carbocycles. The fourth-order valence-corrected chi connectivity index (χ4v) is 1.99. The highest BCUT2D eigenvalue weighted by atomic mass is 35.5. The van der Waals surface area contributed by atoms with Gasteiger partial charge in [-0.25, -0.2) is 0 Å². The first-order chi connectivity index (χ1) is 10.0. The third-order valence-electron chi connectivity index (χ3n) is 2.90. The molecule has 0 heterocycles. The quantitative estimate of drug-likeness (QED) is 0.669. The Bertz CT molecular complexity index is 679. The predicted molar refractivity (Wildman–Crippen MR) is 78.4 cm³/mol. The van der Waals surface area contributed by atoms with Crippen LogP contribution in [-0.4, -0.2) is 12.0 Å². The number of halogens is 2. The summed E-state index contributed by atoms with van der Waals surface area (Å²) in [6.45, 7) is 0.0698. The molecule has 0 aromatic heterocycles. The van der Waals surface area contributed by atoms with Crippen molar-refractivity contribution < 1.29 is 14.1 Å². The summed E-state index contributed by atoms with van der Waals surface area (Å²) >= 11 is 6.02. The number of hydrogen-bond acceptors (Lipinski definition) is 4. The summed E-state index contributed by atoms with van der Waals surface area (Å²) in [4.78, 5) is 9.94. The molecule has 7 heteroatoms. The molecule has 0 saturated heterocycles. The molecule has 0 unspecified atom stereocenters. The minimum Gasteiger partial charge on any atom is -0.497 e. The van der Waals surface area contributed by atoms with Crippen LogP contribution in [0.3, 0.4) is 0 Å². The van der Waals surface area contributed by atoms with Crippen molar-refractivity contribution in [2.24, 2.45) is 0 Å². The summed E-state index contributed by atoms with van der Waals surface area (Å²) in [5.41, 5.74) is 0.191. The van der Waals surface area contributed by atoms with E-state index in [1.807, 2.05) is 0 Å². The highest BCUT2D eigenvalue weighted by Gasteiger charge is 2.17. The lowest BCUT2D eigenvalue weighted by Gasteiger charge is -2.10. The lowest BCUT2D eigenvalue weighted by atomic mass is 10.1. The molecule has 0 atom stereocenters. The third-order valence-corrected chi connectivity index (χ3v) is 3.23. The number of rotatable bonds is 5. The third kappa shape index (κ3) is 3.41. The second-order valence-electron chi connectivity index (χ2n) is 4.21. The Morgan fingerprint density at radius 3 is 2.81 bits per heavy atom. The molecule has 2 aromatic carbocycles. The van der Waals surface area contributed by atoms with E-state index in [1.165, 1.54) is 19.2 Å². The van der Waals surface area contributed by atoms with Crippen LogP contribution in [0.4, 0.5) is 15.8 Å². The van der Waals surface area contributed by atoms with E-state index in [0.717, 1.165) is 6.07 Å². The molecule has 0 aliphatic rings. The molecule has 1 N–H and O–H groups in total. The molecule has 0 aliphatic carbocycles. The molecule has 0 aliphatic heterocycles. The van der Waals surface area contributed by atoms with Gasteiger partial charge in [-0.15, -0.1) is 0 Å². The smallest absolute Gasteiger partial charge is 0.305 e. The Morgan fingerprint density at radius 2 is 2.14 bits per heavy atom. The molecule has 0 amide bonds. The van der Waals surface area contributed by atoms with Crippen LogP contribution in [0.2, 0.25) is 5.02 Å². The molecule has 110 valence electrons. The predicted octanol–water partition coefficient (Wildman–Crippen LogP) is 4.01. The van der Waals surface area contributed by atoms with E-state index in [1.54, 1.807) is 18.2 Å². The van der Waals surface area contributed by atoms with E-state index >= 15 is 0 Å². The van der Waals surface area contributed by atoms with E-state index in [-0.39, 0.29) is 12.1 Å². The minimum atomic E-state index is -0.853. The summed E-state index contributed by atoms with van der Waals surface area (Å²) in [6.07, 6.45) is 0. The maximum Gasteiger partial charge on any atom is 0.305 e. The molecule has 21 heavy (non-hydrogen) atoms. The Kier molecular flexibility index (Phi) is 4.59. The van der Waals surface area contributed by atoms with Gasteiger partial charge in [0.25, 0.3) is 0 Å². The van der Waals surface area contributed by atoms with Gasteiger partial charge in [0.1, 0.15) is 5.75 Å². The van der Waals surface area contributed by atoms with Gasteiger partial charge in [0, 0.05) is 24.2 Å². The second kappa shape index (κ2) is 6.41. The van der Waals surface area contributed by atoms with E-state index in [9.17, 15) is 14.5 Å². The molecule has 5 nitrogen and oxygen atoms in total. The average molecular weight is 311 g/mol. The number of nitrogens with zero attached hydrogens (tertiary/aromatic N) is 1. The Balaban J connectivity index is 2.21. The van der Waals surface area contributed by atoms with Crippen molar-refractivity contribution in [3.05, 3.63) is 62.9 Å². The van der Waals surface area contributed by atoms with E-state index in [2.05, 4.69) is 5.32 Å². The monoisotopic (exact) mass is 310 g/mol. The van der Waals surface area contributed by atoms with E-state index in [4.69, 9.17) is 16.3 Å². The first-order valence-corrected chi connectivity index (χ1v) is 6.40. The van der Waals surface area contributed by atoms with Crippen LogP contribution in [0, 0.1) is 15.9 Å². The van der Waals surface area contributed by atoms with Gasteiger partial charge in [0.15, 0.2) is 0 Å². The van der Waals surface area contributed by atoms with Gasteiger partial charge in [0.2, 0.25) is 5.82 Å². The lowest BCUT2D eigenvalue weighted by Crippen LogP contribution is -2.04. The number of ether oxygens (including phenoxy) is 1. The summed E-state index contributed by atoms with van der Waals surface area (Å²) in [7, 11) is 1.52. The van der Waals surface area contributed by atoms with Crippen LogP contribution >= 0.6 is 11.6 Å². The topological polar surface area (TPSA) is 64.4 Å². The zero-order chi connectivity index (χ0) is 15.4. The fourth-order valence-electron chi connectivity index (χ4n) is 1.80. The summed E-state index contributed by atoms with van der Waals surface area (Å²) < 4.78 is 19.0. The molecular formula is C14H12ClFN2O3. The van der Waals surface area contributed by atoms with Crippen molar-refractivity contribution >= 4 is 23.0 Å². The van der Waals surface area contributed by atoms with Crippen LogP contribution in [0.15, 0.2) is 36.4 Å². The number of hydrogen-bond donors (Lipinski definition) is 1. The largest absolute Gasteiger partial charge is 0.497 e. The highest BCUT2D eigenvalue weighted by molar-refractivity contribution is 6.33. The van der Waals surface area contributed by atoms with Gasteiger partial charge in [-0.05, 0) is 12.1 Å². The standard InChI is InChI=1S/C14H12ClFN2O3/c1-21-10-5-6-11(15)12(7-10)17-8-9-3-2-4-13(14(9)16)18(19)20/h2-7,17H,8H2,1H3. The lowest BCUT2D eigenvalue weighted by molar-refractivity contribution is -0.387. The average Bonchev–Trinajstić information content (AvgIpc) is 2.47. The number of benzene rings is 2. The molecule has 0 bridgehead atoms. The molecule has 2 aromatic rings. The Morgan fingerprint density at radius 1 is 1.38 bits per heavy atom. The van der Waals surface area contributed by atoms with Crippen molar-refractivity contribution in [1.29, 1.82) is 0 Å². The van der Waals surface area contributed by atoms with Crippen molar-refractivity contribution in [2.75, 3.05) is 12.4 Å². The summed E-state index contributed by atoms with van der Waals surface area (Å²) in [6, 6.07) is 9.04. The van der Waals surface area contributed by atoms with Gasteiger partial charge in [0.05, 0.1) is 22.7 Å². The fraction of sp³-hybridized carbons (Fsp3) is 0.143. The second-order valence-corrected chi connectivity index (χ2v) is 4.61. The molecule has 2 rings (SSSR count). The maximum absolute atomic E-state index is 13.9. The van der Waals surface area contributed by atoms with E-state index in [0.29, 0.717) is 16.5 Å². The van der Waals surface area contributed by atoms with E-state index < -0.39 is 16.4 Å². The molecule has 0 fully saturated rings. The first-order valence-electron chi connectivity index (χ1n) is 6.02. The molecule has 0 spiro atoms. The number of anilines is 1. The molecular weight excluding hydrogens is 299 g/mol. The normalized spacial score (nSPS) is 10.2. The van der Waals surface area contributed by atoms with Crippen molar-refractivity contribution in [3.63, 3.8) is 0 Å². The van der Waals surface area contributed by atoms with Gasteiger partial charge >= 0.3 is 5.69 Å². The molecule has 0 radical (unpaired) electrons. The Hall–Kier alpha value is -2.34.